The van der Waals surface area contributed by atoms with Crippen molar-refractivity contribution in [3.63, 3.8) is 0 Å². The van der Waals surface area contributed by atoms with Crippen molar-refractivity contribution in [1.29, 1.82) is 0 Å². The van der Waals surface area contributed by atoms with E-state index in [2.05, 4.69) is 34.5 Å². The summed E-state index contributed by atoms with van der Waals surface area (Å²) in [5.74, 6) is 1.12. The molecule has 2 unspecified atom stereocenters. The zero-order valence-corrected chi connectivity index (χ0v) is 34.6. The van der Waals surface area contributed by atoms with Crippen LogP contribution in [0.1, 0.15) is 51.0 Å². The molecule has 0 fully saturated rings. The first-order chi connectivity index (χ1) is 29.7. The second-order valence-electron chi connectivity index (χ2n) is 15.6. The smallest absolute Gasteiger partial charge is 0.306 e. The molecular weight excluding hydrogens is 775 g/mol. The molecule has 2 amide bonds. The molecule has 0 saturated heterocycles. The van der Waals surface area contributed by atoms with Crippen molar-refractivity contribution in [2.24, 2.45) is 4.99 Å². The van der Waals surface area contributed by atoms with Crippen LogP contribution in [0.4, 0.5) is 28.4 Å². The predicted molar refractivity (Wildman–Crippen MR) is 233 cm³/mol. The van der Waals surface area contributed by atoms with E-state index in [0.29, 0.717) is 52.4 Å². The summed E-state index contributed by atoms with van der Waals surface area (Å²) in [5, 5.41) is 3.66. The molecule has 5 aromatic carbocycles. The van der Waals surface area contributed by atoms with E-state index >= 15 is 0 Å². The summed E-state index contributed by atoms with van der Waals surface area (Å²) < 4.78 is 29.3. The number of hydrogen-bond acceptors (Lipinski definition) is 11. The van der Waals surface area contributed by atoms with Crippen LogP contribution in [0.3, 0.4) is 0 Å². The fourth-order valence-electron chi connectivity index (χ4n) is 8.74. The average Bonchev–Trinajstić information content (AvgIpc) is 3.74. The van der Waals surface area contributed by atoms with Crippen molar-refractivity contribution in [2.75, 3.05) is 54.9 Å². The highest BCUT2D eigenvalue weighted by Crippen LogP contribution is 2.43. The van der Waals surface area contributed by atoms with Gasteiger partial charge in [0.05, 0.1) is 51.1 Å². The fourth-order valence-corrected chi connectivity index (χ4v) is 8.74. The summed E-state index contributed by atoms with van der Waals surface area (Å²) in [6, 6.07) is 29.8. The van der Waals surface area contributed by atoms with Gasteiger partial charge in [0.1, 0.15) is 13.2 Å². The quantitative estimate of drug-likeness (QED) is 0.127. The maximum Gasteiger partial charge on any atom is 0.306 e. The molecule has 13 nitrogen and oxygen atoms in total. The third-order valence-electron chi connectivity index (χ3n) is 11.9. The van der Waals surface area contributed by atoms with E-state index in [4.69, 9.17) is 28.7 Å². The molecule has 0 radical (unpaired) electrons. The molecule has 0 aromatic heterocycles. The monoisotopic (exact) mass is 821 g/mol. The van der Waals surface area contributed by atoms with Gasteiger partial charge in [-0.2, -0.15) is 0 Å². The highest BCUT2D eigenvalue weighted by molar-refractivity contribution is 6.14. The van der Waals surface area contributed by atoms with Gasteiger partial charge in [-0.25, -0.2) is 0 Å². The first-order valence-corrected chi connectivity index (χ1v) is 20.4. The van der Waals surface area contributed by atoms with E-state index in [1.165, 1.54) is 30.4 Å². The Balaban J connectivity index is 0.972. The van der Waals surface area contributed by atoms with Gasteiger partial charge in [-0.05, 0) is 76.7 Å². The minimum atomic E-state index is -0.460. The Labute approximate surface area is 354 Å². The number of anilines is 4. The van der Waals surface area contributed by atoms with Gasteiger partial charge >= 0.3 is 5.97 Å². The Kier molecular flexibility index (Phi) is 10.7. The lowest BCUT2D eigenvalue weighted by molar-refractivity contribution is -0.141. The highest BCUT2D eigenvalue weighted by Gasteiger charge is 2.37. The molecule has 9 rings (SSSR count). The number of aliphatic imine (C=N–C) groups is 1. The number of ether oxygens (including phenoxy) is 5. The number of hydrogen-bond donors (Lipinski definition) is 1. The van der Waals surface area contributed by atoms with Crippen molar-refractivity contribution in [2.45, 2.75) is 57.5 Å². The van der Waals surface area contributed by atoms with Crippen molar-refractivity contribution in [3.8, 4) is 23.0 Å². The molecule has 4 aliphatic heterocycles. The molecule has 61 heavy (non-hydrogen) atoms. The van der Waals surface area contributed by atoms with Crippen LogP contribution in [0.2, 0.25) is 0 Å². The van der Waals surface area contributed by atoms with Gasteiger partial charge < -0.3 is 38.8 Å². The number of rotatable bonds is 12. The Hall–Kier alpha value is -7.02. The maximum atomic E-state index is 14.0. The van der Waals surface area contributed by atoms with E-state index in [1.54, 1.807) is 31.2 Å². The summed E-state index contributed by atoms with van der Waals surface area (Å²) in [5.41, 5.74) is 9.75. The summed E-state index contributed by atoms with van der Waals surface area (Å²) in [6.45, 7) is 1.78. The summed E-state index contributed by atoms with van der Waals surface area (Å²) in [6.07, 6.45) is 3.44. The molecule has 0 bridgehead atoms. The van der Waals surface area contributed by atoms with Crippen LogP contribution < -0.4 is 39.0 Å². The molecule has 312 valence electrons. The lowest BCUT2D eigenvalue weighted by Gasteiger charge is -2.25. The number of fused-ring (bicyclic) bond motifs is 8. The molecular formula is C48H47N5O8. The third-order valence-corrected chi connectivity index (χ3v) is 11.9. The number of nitrogens with one attached hydrogen (secondary N) is 1. The molecule has 0 spiro atoms. The summed E-state index contributed by atoms with van der Waals surface area (Å²) in [7, 11) is 6.14. The first kappa shape index (κ1) is 39.4. The number of amides is 2. The van der Waals surface area contributed by atoms with Gasteiger partial charge in [0.15, 0.2) is 23.0 Å². The van der Waals surface area contributed by atoms with Crippen LogP contribution in [0, 0.1) is 0 Å². The Morgan fingerprint density at radius 1 is 0.770 bits per heavy atom. The van der Waals surface area contributed by atoms with Crippen LogP contribution in [0.15, 0.2) is 96.0 Å². The Bertz CT molecular complexity index is 2570. The standard InChI is InChI=1S/C48H47N5O8/c1-51(46(54)13-14-47(55)59-4)34-16-29(27-60-44-22-38-33(20-42(44)57-2)26-52-35(24-49-38)18-31-9-5-7-11-40(31)52)15-30(17-34)28-61-45-23-39-37(21-43(45)58-3)48(56)53-36(25-50-39)19-32-10-6-8-12-41(32)53/h5-12,15-17,20-23,25,35-36,49H,13-14,18-19,24,26-28H2,1-4H3. The highest BCUT2D eigenvalue weighted by atomic mass is 16.5. The number of para-hydroxylation sites is 2. The maximum absolute atomic E-state index is 14.0. The van der Waals surface area contributed by atoms with Gasteiger partial charge in [0, 0.05) is 74.1 Å². The molecule has 5 aromatic rings. The zero-order chi connectivity index (χ0) is 42.2. The topological polar surface area (TPSA) is 131 Å². The molecule has 0 aliphatic carbocycles. The van der Waals surface area contributed by atoms with Gasteiger partial charge in [0.25, 0.3) is 5.91 Å². The van der Waals surface area contributed by atoms with Crippen molar-refractivity contribution in [3.05, 3.63) is 124 Å². The van der Waals surface area contributed by atoms with Crippen LogP contribution >= 0.6 is 0 Å². The molecule has 4 heterocycles. The predicted octanol–water partition coefficient (Wildman–Crippen LogP) is 7.42. The number of nitrogens with zero attached hydrogens (tertiary/aromatic N) is 4. The van der Waals surface area contributed by atoms with Gasteiger partial charge in [0.2, 0.25) is 5.91 Å². The Morgan fingerprint density at radius 2 is 1.44 bits per heavy atom. The number of carbonyl (C=O) groups is 3. The third kappa shape index (κ3) is 7.67. The van der Waals surface area contributed by atoms with Crippen molar-refractivity contribution in [1.82, 2.24) is 0 Å². The zero-order valence-electron chi connectivity index (χ0n) is 34.6. The number of benzene rings is 5. The lowest BCUT2D eigenvalue weighted by Crippen LogP contribution is -2.37. The Morgan fingerprint density at radius 3 is 2.16 bits per heavy atom. The summed E-state index contributed by atoms with van der Waals surface area (Å²) >= 11 is 0. The number of carbonyl (C=O) groups excluding carboxylic acids is 3. The minimum Gasteiger partial charge on any atom is -0.493 e. The van der Waals surface area contributed by atoms with Crippen LogP contribution in [0.25, 0.3) is 0 Å². The van der Waals surface area contributed by atoms with E-state index in [0.717, 1.165) is 53.1 Å². The molecule has 1 N–H and O–H groups in total. The molecule has 4 aliphatic rings. The minimum absolute atomic E-state index is 0.0195. The second kappa shape index (κ2) is 16.6. The van der Waals surface area contributed by atoms with Crippen molar-refractivity contribution >= 4 is 52.4 Å². The van der Waals surface area contributed by atoms with Gasteiger partial charge in [-0.1, -0.05) is 36.4 Å². The number of methoxy groups -OCH3 is 3. The van der Waals surface area contributed by atoms with Gasteiger partial charge in [-0.3, -0.25) is 24.3 Å². The van der Waals surface area contributed by atoms with E-state index in [-0.39, 0.29) is 43.9 Å². The van der Waals surface area contributed by atoms with E-state index in [1.807, 2.05) is 60.8 Å². The first-order valence-electron chi connectivity index (χ1n) is 20.4. The van der Waals surface area contributed by atoms with Crippen LogP contribution in [-0.2, 0) is 46.9 Å². The van der Waals surface area contributed by atoms with E-state index < -0.39 is 5.97 Å². The van der Waals surface area contributed by atoms with Crippen molar-refractivity contribution < 1.29 is 38.1 Å². The largest absolute Gasteiger partial charge is 0.493 e. The number of esters is 1. The normalized spacial score (nSPS) is 16.7. The molecule has 2 atom stereocenters. The SMILES string of the molecule is COC(=O)CCC(=O)N(C)c1cc(COc2cc3c(cc2OC)C(=O)N2c4ccccc4CC2C=N3)cc(COc2cc3c(cc2OC)CN2c4ccccc4CC2CN3)c1. The molecule has 0 saturated carbocycles. The van der Waals surface area contributed by atoms with E-state index in [9.17, 15) is 14.4 Å². The average molecular weight is 822 g/mol. The van der Waals surface area contributed by atoms with Crippen LogP contribution in [0.5, 0.6) is 23.0 Å². The molecule has 13 heteroatoms. The second-order valence-corrected chi connectivity index (χ2v) is 15.6. The van der Waals surface area contributed by atoms with Gasteiger partial charge in [-0.15, -0.1) is 0 Å². The fraction of sp³-hybridized carbons (Fsp3) is 0.292. The van der Waals surface area contributed by atoms with Crippen LogP contribution in [-0.4, -0.2) is 71.0 Å². The lowest BCUT2D eigenvalue weighted by atomic mass is 10.1. The summed E-state index contributed by atoms with van der Waals surface area (Å²) in [4.78, 5) is 49.7.